The van der Waals surface area contributed by atoms with E-state index in [0.717, 1.165) is 12.1 Å². The molecule has 0 unspecified atom stereocenters. The topological polar surface area (TPSA) is 96.5 Å². The molecule has 1 aliphatic heterocycles. The van der Waals surface area contributed by atoms with Crippen LogP contribution in [-0.2, 0) is 16.1 Å². The van der Waals surface area contributed by atoms with Gasteiger partial charge in [0.05, 0.1) is 0 Å². The van der Waals surface area contributed by atoms with E-state index in [-0.39, 0.29) is 31.0 Å². The van der Waals surface area contributed by atoms with Crippen LogP contribution in [0.5, 0.6) is 5.75 Å². The Labute approximate surface area is 134 Å². The van der Waals surface area contributed by atoms with Crippen molar-refractivity contribution in [1.82, 2.24) is 16.0 Å². The molecule has 0 saturated carbocycles. The first-order valence-corrected chi connectivity index (χ1v) is 6.96. The molecule has 2 rings (SSSR count). The van der Waals surface area contributed by atoms with Crippen LogP contribution in [0.4, 0.5) is 18.0 Å². The van der Waals surface area contributed by atoms with Gasteiger partial charge in [-0.1, -0.05) is 12.1 Å². The molecule has 24 heavy (non-hydrogen) atoms. The number of benzene rings is 1. The summed E-state index contributed by atoms with van der Waals surface area (Å²) in [5, 5.41) is 7.00. The molecular formula is C14H14F3N3O4. The number of halogens is 3. The van der Waals surface area contributed by atoms with Gasteiger partial charge in [0.2, 0.25) is 5.91 Å². The zero-order valence-electron chi connectivity index (χ0n) is 12.3. The number of carbonyl (C=O) groups is 3. The first-order chi connectivity index (χ1) is 11.2. The normalized spacial score (nSPS) is 17.2. The minimum atomic E-state index is -4.75. The summed E-state index contributed by atoms with van der Waals surface area (Å²) in [5.41, 5.74) is 0.588. The fourth-order valence-electron chi connectivity index (χ4n) is 2.04. The summed E-state index contributed by atoms with van der Waals surface area (Å²) in [4.78, 5) is 33.9. The zero-order chi connectivity index (χ0) is 17.7. The fraction of sp³-hybridized carbons (Fsp3) is 0.357. The Balaban J connectivity index is 1.73. The summed E-state index contributed by atoms with van der Waals surface area (Å²) < 4.78 is 39.8. The van der Waals surface area contributed by atoms with Crippen molar-refractivity contribution in [2.45, 2.75) is 31.8 Å². The lowest BCUT2D eigenvalue weighted by atomic mass is 10.1. The first-order valence-electron chi connectivity index (χ1n) is 6.96. The lowest BCUT2D eigenvalue weighted by molar-refractivity contribution is -0.274. The predicted octanol–water partition coefficient (Wildman–Crippen LogP) is 1.19. The highest BCUT2D eigenvalue weighted by Crippen LogP contribution is 2.22. The van der Waals surface area contributed by atoms with Crippen LogP contribution in [0.2, 0.25) is 0 Å². The third-order valence-electron chi connectivity index (χ3n) is 3.17. The Morgan fingerprint density at radius 1 is 1.21 bits per heavy atom. The number of rotatable bonds is 6. The van der Waals surface area contributed by atoms with Gasteiger partial charge in [-0.15, -0.1) is 13.2 Å². The molecule has 0 spiro atoms. The van der Waals surface area contributed by atoms with Gasteiger partial charge >= 0.3 is 12.4 Å². The highest BCUT2D eigenvalue weighted by Gasteiger charge is 2.31. The van der Waals surface area contributed by atoms with Crippen molar-refractivity contribution >= 4 is 17.8 Å². The van der Waals surface area contributed by atoms with Crippen LogP contribution in [0.1, 0.15) is 18.4 Å². The van der Waals surface area contributed by atoms with E-state index >= 15 is 0 Å². The number of alkyl halides is 3. The Morgan fingerprint density at radius 2 is 1.88 bits per heavy atom. The average Bonchev–Trinajstić information content (AvgIpc) is 2.81. The monoisotopic (exact) mass is 345 g/mol. The van der Waals surface area contributed by atoms with E-state index in [1.165, 1.54) is 12.1 Å². The maximum atomic E-state index is 12.0. The number of ether oxygens (including phenoxy) is 1. The molecule has 1 saturated heterocycles. The second-order valence-electron chi connectivity index (χ2n) is 5.02. The van der Waals surface area contributed by atoms with Crippen LogP contribution in [0.25, 0.3) is 0 Å². The average molecular weight is 345 g/mol. The molecule has 0 bridgehead atoms. The summed E-state index contributed by atoms with van der Waals surface area (Å²) in [6.45, 7) is 0.119. The molecule has 0 aliphatic carbocycles. The molecule has 1 aliphatic rings. The van der Waals surface area contributed by atoms with Gasteiger partial charge in [-0.25, -0.2) is 4.79 Å². The molecule has 10 heteroatoms. The van der Waals surface area contributed by atoms with Crippen molar-refractivity contribution in [1.29, 1.82) is 0 Å². The molecule has 1 atom stereocenters. The van der Waals surface area contributed by atoms with Gasteiger partial charge in [0.1, 0.15) is 11.8 Å². The minimum absolute atomic E-state index is 0.0215. The Kier molecular flexibility index (Phi) is 5.27. The number of urea groups is 1. The fourth-order valence-corrected chi connectivity index (χ4v) is 2.04. The summed E-state index contributed by atoms with van der Waals surface area (Å²) in [5.74, 6) is -1.17. The third kappa shape index (κ3) is 5.45. The third-order valence-corrected chi connectivity index (χ3v) is 3.17. The summed E-state index contributed by atoms with van der Waals surface area (Å²) in [6.07, 6.45) is -4.58. The number of nitrogens with one attached hydrogen (secondary N) is 3. The molecule has 1 aromatic rings. The van der Waals surface area contributed by atoms with Crippen molar-refractivity contribution in [3.8, 4) is 5.75 Å². The summed E-state index contributed by atoms with van der Waals surface area (Å²) in [6, 6.07) is 3.76. The number of imide groups is 1. The van der Waals surface area contributed by atoms with Gasteiger partial charge in [-0.05, 0) is 24.1 Å². The maximum absolute atomic E-state index is 12.0. The van der Waals surface area contributed by atoms with Crippen molar-refractivity contribution in [3.63, 3.8) is 0 Å². The summed E-state index contributed by atoms with van der Waals surface area (Å²) in [7, 11) is 0. The molecule has 1 heterocycles. The van der Waals surface area contributed by atoms with E-state index in [1.54, 1.807) is 0 Å². The van der Waals surface area contributed by atoms with E-state index in [4.69, 9.17) is 0 Å². The molecule has 0 aromatic heterocycles. The van der Waals surface area contributed by atoms with Gasteiger partial charge in [0.25, 0.3) is 5.91 Å². The Hall–Kier alpha value is -2.78. The summed E-state index contributed by atoms with van der Waals surface area (Å²) >= 11 is 0. The molecule has 1 fully saturated rings. The zero-order valence-corrected chi connectivity index (χ0v) is 12.3. The molecule has 1 aromatic carbocycles. The minimum Gasteiger partial charge on any atom is -0.406 e. The van der Waals surface area contributed by atoms with Crippen molar-refractivity contribution in [2.24, 2.45) is 0 Å². The highest BCUT2D eigenvalue weighted by atomic mass is 19.4. The second-order valence-corrected chi connectivity index (χ2v) is 5.02. The molecule has 7 nitrogen and oxygen atoms in total. The van der Waals surface area contributed by atoms with Crippen LogP contribution in [0.3, 0.4) is 0 Å². The predicted molar refractivity (Wildman–Crippen MR) is 74.7 cm³/mol. The first kappa shape index (κ1) is 17.6. The Bertz CT molecular complexity index is 631. The maximum Gasteiger partial charge on any atom is 0.573 e. The molecule has 4 amide bonds. The number of hydrogen-bond acceptors (Lipinski definition) is 4. The van der Waals surface area contributed by atoms with Gasteiger partial charge < -0.3 is 15.4 Å². The Morgan fingerprint density at radius 3 is 2.42 bits per heavy atom. The lowest BCUT2D eigenvalue weighted by Gasteiger charge is -2.10. The van der Waals surface area contributed by atoms with Crippen LogP contribution < -0.4 is 20.7 Å². The molecular weight excluding hydrogens is 331 g/mol. The van der Waals surface area contributed by atoms with Crippen molar-refractivity contribution < 1.29 is 32.3 Å². The van der Waals surface area contributed by atoms with Crippen molar-refractivity contribution in [3.05, 3.63) is 29.8 Å². The number of carbonyl (C=O) groups excluding carboxylic acids is 3. The lowest BCUT2D eigenvalue weighted by Crippen LogP contribution is -2.31. The molecule has 0 radical (unpaired) electrons. The SMILES string of the molecule is O=C(CC[C@@H]1NC(=O)NC1=O)NCc1ccc(OC(F)(F)F)cc1. The van der Waals surface area contributed by atoms with Gasteiger partial charge in [0, 0.05) is 13.0 Å². The molecule has 130 valence electrons. The largest absolute Gasteiger partial charge is 0.573 e. The quantitative estimate of drug-likeness (QED) is 0.675. The van der Waals surface area contributed by atoms with Gasteiger partial charge in [0.15, 0.2) is 0 Å². The second kappa shape index (κ2) is 7.20. The van der Waals surface area contributed by atoms with E-state index in [0.29, 0.717) is 5.56 Å². The van der Waals surface area contributed by atoms with Crippen LogP contribution in [-0.4, -0.2) is 30.2 Å². The van der Waals surface area contributed by atoms with Crippen LogP contribution in [0.15, 0.2) is 24.3 Å². The van der Waals surface area contributed by atoms with Crippen molar-refractivity contribution in [2.75, 3.05) is 0 Å². The van der Waals surface area contributed by atoms with E-state index in [1.807, 2.05) is 0 Å². The standard InChI is InChI=1S/C14H14F3N3O4/c15-14(16,17)24-9-3-1-8(2-4-9)7-18-11(21)6-5-10-12(22)20-13(23)19-10/h1-4,10H,5-7H2,(H,18,21)(H2,19,20,22,23)/t10-/m0/s1. The van der Waals surface area contributed by atoms with E-state index in [2.05, 4.69) is 20.7 Å². The number of hydrogen-bond donors (Lipinski definition) is 3. The van der Waals surface area contributed by atoms with E-state index in [9.17, 15) is 27.6 Å². The van der Waals surface area contributed by atoms with Crippen LogP contribution in [0, 0.1) is 0 Å². The molecule has 3 N–H and O–H groups in total. The van der Waals surface area contributed by atoms with E-state index < -0.39 is 24.3 Å². The van der Waals surface area contributed by atoms with Crippen LogP contribution >= 0.6 is 0 Å². The number of amides is 4. The van der Waals surface area contributed by atoms with Gasteiger partial charge in [-0.3, -0.25) is 14.9 Å². The highest BCUT2D eigenvalue weighted by molar-refractivity contribution is 6.04. The smallest absolute Gasteiger partial charge is 0.406 e. The van der Waals surface area contributed by atoms with Gasteiger partial charge in [-0.2, -0.15) is 0 Å².